The van der Waals surface area contributed by atoms with Gasteiger partial charge in [-0.3, -0.25) is 4.79 Å². The number of carbonyl (C=O) groups excluding carboxylic acids is 1. The largest absolute Gasteiger partial charge is 0.366 e. The minimum atomic E-state index is -0.234. The fraction of sp³-hybridized carbons (Fsp3) is 0.450. The average Bonchev–Trinajstić information content (AvgIpc) is 2.88. The number of nitrogens with one attached hydrogen (secondary N) is 2. The number of benzene rings is 1. The van der Waals surface area contributed by atoms with E-state index in [1.54, 1.807) is 12.4 Å². The molecule has 0 radical (unpaired) electrons. The minimum Gasteiger partial charge on any atom is -0.366 e. The van der Waals surface area contributed by atoms with E-state index in [2.05, 4.69) is 20.6 Å². The second kappa shape index (κ2) is 8.10. The molecule has 2 N–H and O–H groups in total. The highest BCUT2D eigenvalue weighted by molar-refractivity contribution is 6.03. The second-order valence-electron chi connectivity index (χ2n) is 6.82. The normalized spacial score (nSPS) is 15.4. The van der Waals surface area contributed by atoms with Gasteiger partial charge in [-0.15, -0.1) is 0 Å². The molecular formula is C20H26N4O. The molecule has 5 nitrogen and oxygen atoms in total. The minimum absolute atomic E-state index is 0.234. The fourth-order valence-electron chi connectivity index (χ4n) is 3.23. The first-order chi connectivity index (χ1) is 12.1. The molecule has 0 spiro atoms. The molecule has 1 aliphatic rings. The van der Waals surface area contributed by atoms with Crippen LogP contribution in [0.2, 0.25) is 0 Å². The molecule has 0 saturated heterocycles. The third-order valence-corrected chi connectivity index (χ3v) is 4.94. The Hall–Kier alpha value is -2.43. The van der Waals surface area contributed by atoms with Crippen LogP contribution in [-0.2, 0) is 0 Å². The molecule has 1 amide bonds. The van der Waals surface area contributed by atoms with Crippen LogP contribution in [0.3, 0.4) is 0 Å². The van der Waals surface area contributed by atoms with E-state index < -0.39 is 0 Å². The Morgan fingerprint density at radius 2 is 1.80 bits per heavy atom. The molecule has 1 heterocycles. The van der Waals surface area contributed by atoms with Gasteiger partial charge in [0.1, 0.15) is 11.5 Å². The average molecular weight is 338 g/mol. The van der Waals surface area contributed by atoms with Crippen LogP contribution in [0, 0.1) is 13.8 Å². The topological polar surface area (TPSA) is 66.9 Å². The molecule has 1 aromatic carbocycles. The summed E-state index contributed by atoms with van der Waals surface area (Å²) < 4.78 is 0. The number of aryl methyl sites for hydroxylation is 1. The van der Waals surface area contributed by atoms with Crippen molar-refractivity contribution in [3.8, 4) is 0 Å². The molecule has 132 valence electrons. The van der Waals surface area contributed by atoms with Crippen LogP contribution < -0.4 is 10.6 Å². The molecule has 0 bridgehead atoms. The molecular weight excluding hydrogens is 312 g/mol. The van der Waals surface area contributed by atoms with E-state index in [0.717, 1.165) is 22.6 Å². The first-order valence-corrected chi connectivity index (χ1v) is 9.09. The molecule has 1 fully saturated rings. The Morgan fingerprint density at radius 3 is 2.48 bits per heavy atom. The van der Waals surface area contributed by atoms with Crippen LogP contribution in [0.15, 0.2) is 30.6 Å². The Morgan fingerprint density at radius 1 is 1.04 bits per heavy atom. The number of rotatable bonds is 4. The van der Waals surface area contributed by atoms with E-state index in [1.165, 1.54) is 38.5 Å². The summed E-state index contributed by atoms with van der Waals surface area (Å²) in [5, 5.41) is 6.36. The first-order valence-electron chi connectivity index (χ1n) is 9.09. The van der Waals surface area contributed by atoms with Gasteiger partial charge >= 0.3 is 0 Å². The van der Waals surface area contributed by atoms with Gasteiger partial charge in [-0.05, 0) is 43.9 Å². The molecule has 1 aliphatic carbocycles. The Labute approximate surface area is 149 Å². The highest BCUT2D eigenvalue weighted by Crippen LogP contribution is 2.21. The number of aromatic nitrogens is 2. The zero-order valence-corrected chi connectivity index (χ0v) is 15.0. The second-order valence-corrected chi connectivity index (χ2v) is 6.82. The van der Waals surface area contributed by atoms with E-state index in [-0.39, 0.29) is 5.91 Å². The summed E-state index contributed by atoms with van der Waals surface area (Å²) >= 11 is 0. The van der Waals surface area contributed by atoms with Gasteiger partial charge in [0.05, 0.1) is 12.4 Å². The van der Waals surface area contributed by atoms with Gasteiger partial charge in [0.15, 0.2) is 0 Å². The molecule has 25 heavy (non-hydrogen) atoms. The van der Waals surface area contributed by atoms with Crippen LogP contribution in [-0.4, -0.2) is 21.9 Å². The van der Waals surface area contributed by atoms with E-state index in [0.29, 0.717) is 11.7 Å². The van der Waals surface area contributed by atoms with Crippen molar-refractivity contribution in [2.45, 2.75) is 58.4 Å². The van der Waals surface area contributed by atoms with Crippen LogP contribution in [0.5, 0.6) is 0 Å². The summed E-state index contributed by atoms with van der Waals surface area (Å²) in [6, 6.07) is 6.32. The lowest BCUT2D eigenvalue weighted by atomic mass is 10.1. The van der Waals surface area contributed by atoms with Crippen LogP contribution in [0.25, 0.3) is 0 Å². The van der Waals surface area contributed by atoms with Gasteiger partial charge in [-0.25, -0.2) is 9.97 Å². The lowest BCUT2D eigenvalue weighted by molar-refractivity contribution is 0.102. The number of anilines is 2. The fourth-order valence-corrected chi connectivity index (χ4v) is 3.23. The SMILES string of the molecule is Cc1cccc(NC(=O)c2cnc(NC3CCCCCC3)cn2)c1C. The molecule has 1 aromatic heterocycles. The summed E-state index contributed by atoms with van der Waals surface area (Å²) in [6.45, 7) is 4.02. The van der Waals surface area contributed by atoms with Crippen LogP contribution in [0.4, 0.5) is 11.5 Å². The summed E-state index contributed by atoms with van der Waals surface area (Å²) in [5.74, 6) is 0.511. The van der Waals surface area contributed by atoms with Crippen molar-refractivity contribution in [3.63, 3.8) is 0 Å². The monoisotopic (exact) mass is 338 g/mol. The molecule has 3 rings (SSSR count). The van der Waals surface area contributed by atoms with Crippen molar-refractivity contribution >= 4 is 17.4 Å². The predicted molar refractivity (Wildman–Crippen MR) is 101 cm³/mol. The summed E-state index contributed by atoms with van der Waals surface area (Å²) in [7, 11) is 0. The van der Waals surface area contributed by atoms with Crippen molar-refractivity contribution in [1.29, 1.82) is 0 Å². The van der Waals surface area contributed by atoms with Gasteiger partial charge in [-0.1, -0.05) is 37.8 Å². The van der Waals surface area contributed by atoms with E-state index in [4.69, 9.17) is 0 Å². The van der Waals surface area contributed by atoms with Gasteiger partial charge < -0.3 is 10.6 Å². The maximum absolute atomic E-state index is 12.4. The van der Waals surface area contributed by atoms with E-state index in [1.807, 2.05) is 32.0 Å². The molecule has 0 aliphatic heterocycles. The summed E-state index contributed by atoms with van der Waals surface area (Å²) in [5.41, 5.74) is 3.35. The number of nitrogens with zero attached hydrogens (tertiary/aromatic N) is 2. The number of carbonyl (C=O) groups is 1. The summed E-state index contributed by atoms with van der Waals surface area (Å²) in [6.07, 6.45) is 10.7. The lowest BCUT2D eigenvalue weighted by Gasteiger charge is -2.16. The van der Waals surface area contributed by atoms with Gasteiger partial charge in [0.25, 0.3) is 5.91 Å². The van der Waals surface area contributed by atoms with Crippen molar-refractivity contribution < 1.29 is 4.79 Å². The van der Waals surface area contributed by atoms with Crippen LogP contribution >= 0.6 is 0 Å². The van der Waals surface area contributed by atoms with Crippen molar-refractivity contribution in [2.75, 3.05) is 10.6 Å². The Kier molecular flexibility index (Phi) is 5.64. The van der Waals surface area contributed by atoms with Gasteiger partial charge in [-0.2, -0.15) is 0 Å². The van der Waals surface area contributed by atoms with Crippen molar-refractivity contribution in [1.82, 2.24) is 9.97 Å². The van der Waals surface area contributed by atoms with Gasteiger partial charge in [0.2, 0.25) is 0 Å². The first kappa shape index (κ1) is 17.4. The number of amides is 1. The summed E-state index contributed by atoms with van der Waals surface area (Å²) in [4.78, 5) is 21.0. The molecule has 1 saturated carbocycles. The third-order valence-electron chi connectivity index (χ3n) is 4.94. The number of hydrogen-bond donors (Lipinski definition) is 2. The molecule has 2 aromatic rings. The Bertz CT molecular complexity index is 719. The molecule has 0 unspecified atom stereocenters. The standard InChI is InChI=1S/C20H26N4O/c1-14-8-7-11-17(15(14)2)24-20(25)18-12-22-19(13-21-18)23-16-9-5-3-4-6-10-16/h7-8,11-13,16H,3-6,9-10H2,1-2H3,(H,22,23)(H,24,25). The van der Waals surface area contributed by atoms with E-state index in [9.17, 15) is 4.79 Å². The third kappa shape index (κ3) is 4.56. The molecule has 5 heteroatoms. The smallest absolute Gasteiger partial charge is 0.275 e. The maximum atomic E-state index is 12.4. The zero-order chi connectivity index (χ0) is 17.6. The highest BCUT2D eigenvalue weighted by atomic mass is 16.1. The predicted octanol–water partition coefficient (Wildman–Crippen LogP) is 4.48. The van der Waals surface area contributed by atoms with Crippen molar-refractivity contribution in [2.24, 2.45) is 0 Å². The maximum Gasteiger partial charge on any atom is 0.275 e. The van der Waals surface area contributed by atoms with Crippen LogP contribution in [0.1, 0.15) is 60.1 Å². The van der Waals surface area contributed by atoms with E-state index >= 15 is 0 Å². The lowest BCUT2D eigenvalue weighted by Crippen LogP contribution is -2.20. The van der Waals surface area contributed by atoms with Crippen molar-refractivity contribution in [3.05, 3.63) is 47.4 Å². The molecule has 0 atom stereocenters. The van der Waals surface area contributed by atoms with Gasteiger partial charge in [0, 0.05) is 11.7 Å². The number of hydrogen-bond acceptors (Lipinski definition) is 4. The Balaban J connectivity index is 1.63. The quantitative estimate of drug-likeness (QED) is 0.807. The zero-order valence-electron chi connectivity index (χ0n) is 15.0. The highest BCUT2D eigenvalue weighted by Gasteiger charge is 2.14.